The van der Waals surface area contributed by atoms with Crippen LogP contribution >= 0.6 is 0 Å². The summed E-state index contributed by atoms with van der Waals surface area (Å²) < 4.78 is 6.63. The first kappa shape index (κ1) is 14.9. The minimum Gasteiger partial charge on any atom is -0.345 e. The fourth-order valence-corrected chi connectivity index (χ4v) is 1.99. The number of benzene rings is 1. The van der Waals surface area contributed by atoms with Crippen molar-refractivity contribution in [3.63, 3.8) is 0 Å². The summed E-state index contributed by atoms with van der Waals surface area (Å²) in [6.45, 7) is 3.91. The van der Waals surface area contributed by atoms with Crippen molar-refractivity contribution in [1.82, 2.24) is 30.2 Å². The standard InChI is InChI=1S/C15H16N6O2/c1-10-3-5-12(6-4-10)14-19-13(23-20-14)7-17-15(22)11(2)21-9-16-8-18-21/h3-6,8-9,11H,7H2,1-2H3,(H,17,22)/t11-/m1/s1. The van der Waals surface area contributed by atoms with Crippen LogP contribution in [-0.4, -0.2) is 30.8 Å². The highest BCUT2D eigenvalue weighted by atomic mass is 16.5. The first-order chi connectivity index (χ1) is 11.1. The molecule has 0 spiro atoms. The number of aryl methyl sites for hydroxylation is 1. The van der Waals surface area contributed by atoms with Gasteiger partial charge in [0.2, 0.25) is 17.6 Å². The molecule has 2 aromatic heterocycles. The Morgan fingerprint density at radius 1 is 1.35 bits per heavy atom. The Labute approximate surface area is 132 Å². The molecule has 1 atom stereocenters. The van der Waals surface area contributed by atoms with E-state index in [0.717, 1.165) is 11.1 Å². The van der Waals surface area contributed by atoms with Crippen LogP contribution in [0.4, 0.5) is 0 Å². The number of nitrogens with one attached hydrogen (secondary N) is 1. The molecule has 0 radical (unpaired) electrons. The van der Waals surface area contributed by atoms with E-state index in [4.69, 9.17) is 4.52 Å². The third-order valence-corrected chi connectivity index (χ3v) is 3.40. The normalized spacial score (nSPS) is 12.1. The van der Waals surface area contributed by atoms with Crippen molar-refractivity contribution in [2.24, 2.45) is 0 Å². The van der Waals surface area contributed by atoms with E-state index >= 15 is 0 Å². The summed E-state index contributed by atoms with van der Waals surface area (Å²) in [6, 6.07) is 7.35. The number of carbonyl (C=O) groups excluding carboxylic acids is 1. The van der Waals surface area contributed by atoms with E-state index in [9.17, 15) is 4.79 Å². The van der Waals surface area contributed by atoms with Gasteiger partial charge in [-0.2, -0.15) is 10.1 Å². The van der Waals surface area contributed by atoms with Crippen LogP contribution in [0.2, 0.25) is 0 Å². The summed E-state index contributed by atoms with van der Waals surface area (Å²) in [4.78, 5) is 20.1. The fraction of sp³-hybridized carbons (Fsp3) is 0.267. The molecule has 0 saturated heterocycles. The lowest BCUT2D eigenvalue weighted by Crippen LogP contribution is -2.30. The molecule has 0 bridgehead atoms. The third kappa shape index (κ3) is 3.42. The smallest absolute Gasteiger partial charge is 0.246 e. The van der Waals surface area contributed by atoms with Crippen LogP contribution in [0.3, 0.4) is 0 Å². The van der Waals surface area contributed by atoms with E-state index in [2.05, 4.69) is 25.5 Å². The van der Waals surface area contributed by atoms with Crippen LogP contribution in [0.25, 0.3) is 11.4 Å². The quantitative estimate of drug-likeness (QED) is 0.767. The van der Waals surface area contributed by atoms with E-state index in [-0.39, 0.29) is 12.5 Å². The third-order valence-electron chi connectivity index (χ3n) is 3.40. The molecule has 1 amide bonds. The number of nitrogens with zero attached hydrogens (tertiary/aromatic N) is 5. The van der Waals surface area contributed by atoms with Gasteiger partial charge < -0.3 is 9.84 Å². The Kier molecular flexibility index (Phi) is 4.13. The maximum Gasteiger partial charge on any atom is 0.246 e. The molecule has 2 heterocycles. The van der Waals surface area contributed by atoms with Crippen molar-refractivity contribution in [1.29, 1.82) is 0 Å². The summed E-state index contributed by atoms with van der Waals surface area (Å²) in [5.41, 5.74) is 2.03. The van der Waals surface area contributed by atoms with Gasteiger partial charge in [0.05, 0.1) is 6.54 Å². The van der Waals surface area contributed by atoms with Gasteiger partial charge in [0, 0.05) is 5.56 Å². The van der Waals surface area contributed by atoms with Crippen molar-refractivity contribution >= 4 is 5.91 Å². The van der Waals surface area contributed by atoms with E-state index in [0.29, 0.717) is 11.7 Å². The fourth-order valence-electron chi connectivity index (χ4n) is 1.99. The van der Waals surface area contributed by atoms with Crippen molar-refractivity contribution in [2.75, 3.05) is 0 Å². The number of hydrogen-bond acceptors (Lipinski definition) is 6. The highest BCUT2D eigenvalue weighted by Crippen LogP contribution is 2.16. The summed E-state index contributed by atoms with van der Waals surface area (Å²) >= 11 is 0. The highest BCUT2D eigenvalue weighted by molar-refractivity contribution is 5.79. The van der Waals surface area contributed by atoms with Crippen LogP contribution < -0.4 is 5.32 Å². The Morgan fingerprint density at radius 3 is 2.83 bits per heavy atom. The Morgan fingerprint density at radius 2 is 2.13 bits per heavy atom. The molecule has 0 unspecified atom stereocenters. The Hall–Kier alpha value is -3.03. The van der Waals surface area contributed by atoms with Crippen molar-refractivity contribution in [2.45, 2.75) is 26.4 Å². The van der Waals surface area contributed by atoms with Crippen molar-refractivity contribution < 1.29 is 9.32 Å². The summed E-state index contributed by atoms with van der Waals surface area (Å²) in [6.07, 6.45) is 2.88. The molecule has 3 aromatic rings. The van der Waals surface area contributed by atoms with E-state index in [1.165, 1.54) is 17.3 Å². The first-order valence-corrected chi connectivity index (χ1v) is 7.15. The molecule has 23 heavy (non-hydrogen) atoms. The van der Waals surface area contributed by atoms with Crippen molar-refractivity contribution in [3.05, 3.63) is 48.4 Å². The van der Waals surface area contributed by atoms with Gasteiger partial charge in [-0.25, -0.2) is 9.67 Å². The SMILES string of the molecule is Cc1ccc(-c2noc(CNC(=O)[C@@H](C)n3cncn3)n2)cc1. The van der Waals surface area contributed by atoms with E-state index in [1.54, 1.807) is 6.92 Å². The predicted octanol–water partition coefficient (Wildman–Crippen LogP) is 1.51. The van der Waals surface area contributed by atoms with Gasteiger partial charge in [0.15, 0.2) is 0 Å². The average Bonchev–Trinajstić information content (AvgIpc) is 3.24. The first-order valence-electron chi connectivity index (χ1n) is 7.15. The number of aromatic nitrogens is 5. The molecular weight excluding hydrogens is 296 g/mol. The lowest BCUT2D eigenvalue weighted by Gasteiger charge is -2.10. The molecule has 0 fully saturated rings. The molecule has 0 aliphatic rings. The Bertz CT molecular complexity index is 779. The number of hydrogen-bond donors (Lipinski definition) is 1. The lowest BCUT2D eigenvalue weighted by molar-refractivity contribution is -0.124. The molecular formula is C15H16N6O2. The van der Waals surface area contributed by atoms with Crippen molar-refractivity contribution in [3.8, 4) is 11.4 Å². The van der Waals surface area contributed by atoms with Crippen LogP contribution in [0.15, 0.2) is 41.4 Å². The summed E-state index contributed by atoms with van der Waals surface area (Å²) in [7, 11) is 0. The molecule has 3 rings (SSSR count). The van der Waals surface area contributed by atoms with Gasteiger partial charge in [-0.15, -0.1) is 0 Å². The van der Waals surface area contributed by atoms with E-state index in [1.807, 2.05) is 31.2 Å². The monoisotopic (exact) mass is 312 g/mol. The van der Waals surface area contributed by atoms with Crippen LogP contribution in [0.5, 0.6) is 0 Å². The predicted molar refractivity (Wildman–Crippen MR) is 81.1 cm³/mol. The Balaban J connectivity index is 1.61. The average molecular weight is 312 g/mol. The minimum atomic E-state index is -0.461. The second-order valence-electron chi connectivity index (χ2n) is 5.15. The summed E-state index contributed by atoms with van der Waals surface area (Å²) in [5.74, 6) is 0.642. The molecule has 0 aliphatic carbocycles. The zero-order chi connectivity index (χ0) is 16.2. The number of amides is 1. The second kappa shape index (κ2) is 6.39. The van der Waals surface area contributed by atoms with Gasteiger partial charge in [-0.05, 0) is 13.8 Å². The van der Waals surface area contributed by atoms with Gasteiger partial charge in [-0.1, -0.05) is 35.0 Å². The van der Waals surface area contributed by atoms with Gasteiger partial charge in [-0.3, -0.25) is 4.79 Å². The summed E-state index contributed by atoms with van der Waals surface area (Å²) in [5, 5.41) is 10.6. The van der Waals surface area contributed by atoms with Gasteiger partial charge in [0.1, 0.15) is 18.7 Å². The van der Waals surface area contributed by atoms with E-state index < -0.39 is 6.04 Å². The van der Waals surface area contributed by atoms with Gasteiger partial charge in [0.25, 0.3) is 0 Å². The molecule has 8 heteroatoms. The molecule has 0 saturated carbocycles. The topological polar surface area (TPSA) is 98.7 Å². The molecule has 8 nitrogen and oxygen atoms in total. The van der Waals surface area contributed by atoms with Crippen LogP contribution in [0.1, 0.15) is 24.4 Å². The second-order valence-corrected chi connectivity index (χ2v) is 5.15. The lowest BCUT2D eigenvalue weighted by atomic mass is 10.1. The zero-order valence-electron chi connectivity index (χ0n) is 12.8. The number of rotatable bonds is 5. The largest absolute Gasteiger partial charge is 0.345 e. The van der Waals surface area contributed by atoms with Gasteiger partial charge >= 0.3 is 0 Å². The highest BCUT2D eigenvalue weighted by Gasteiger charge is 2.16. The zero-order valence-corrected chi connectivity index (χ0v) is 12.8. The van der Waals surface area contributed by atoms with Crippen LogP contribution in [0, 0.1) is 6.92 Å². The minimum absolute atomic E-state index is 0.163. The van der Waals surface area contributed by atoms with Crippen LogP contribution in [-0.2, 0) is 11.3 Å². The molecule has 118 valence electrons. The number of carbonyl (C=O) groups is 1. The molecule has 1 aromatic carbocycles. The molecule has 0 aliphatic heterocycles. The molecule has 1 N–H and O–H groups in total. The maximum absolute atomic E-state index is 12.0. The maximum atomic E-state index is 12.0.